The maximum Gasteiger partial charge on any atom is 0.412 e. The van der Waals surface area contributed by atoms with Gasteiger partial charge in [-0.25, -0.2) is 4.79 Å². The minimum atomic E-state index is -0.519. The Kier molecular flexibility index (Phi) is 4.04. The summed E-state index contributed by atoms with van der Waals surface area (Å²) in [5.74, 6) is 0.560. The van der Waals surface area contributed by atoms with E-state index in [1.165, 1.54) is 0 Å². The Morgan fingerprint density at radius 3 is 2.63 bits per heavy atom. The number of nitrogens with one attached hydrogen (secondary N) is 1. The molecule has 19 heavy (non-hydrogen) atoms. The smallest absolute Gasteiger partial charge is 0.410 e. The van der Waals surface area contributed by atoms with Gasteiger partial charge in [-0.3, -0.25) is 4.79 Å². The molecule has 1 saturated heterocycles. The van der Waals surface area contributed by atoms with Gasteiger partial charge >= 0.3 is 6.09 Å². The van der Waals surface area contributed by atoms with E-state index in [1.807, 2.05) is 19.9 Å². The van der Waals surface area contributed by atoms with Gasteiger partial charge in [0, 0.05) is 19.0 Å². The summed E-state index contributed by atoms with van der Waals surface area (Å²) >= 11 is 0. The zero-order valence-electron chi connectivity index (χ0n) is 11.1. The Balaban J connectivity index is 1.86. The van der Waals surface area contributed by atoms with Crippen molar-refractivity contribution >= 4 is 12.0 Å². The van der Waals surface area contributed by atoms with Crippen LogP contribution in [0.3, 0.4) is 0 Å². The van der Waals surface area contributed by atoms with Crippen molar-refractivity contribution in [3.05, 3.63) is 30.3 Å². The molecule has 1 aromatic rings. The van der Waals surface area contributed by atoms with Crippen LogP contribution in [0.25, 0.3) is 0 Å². The minimum absolute atomic E-state index is 0.0695. The van der Waals surface area contributed by atoms with Crippen LogP contribution >= 0.6 is 0 Å². The average Bonchev–Trinajstić information content (AvgIpc) is 2.71. The Morgan fingerprint density at radius 1 is 1.37 bits per heavy atom. The number of carbonyl (C=O) groups excluding carboxylic acids is 2. The molecule has 1 fully saturated rings. The van der Waals surface area contributed by atoms with E-state index in [2.05, 4.69) is 5.32 Å². The topological polar surface area (TPSA) is 58.6 Å². The van der Waals surface area contributed by atoms with Crippen molar-refractivity contribution in [2.75, 3.05) is 6.54 Å². The molecule has 2 amide bonds. The number of benzene rings is 1. The molecule has 102 valence electrons. The van der Waals surface area contributed by atoms with E-state index in [-0.39, 0.29) is 18.0 Å². The van der Waals surface area contributed by atoms with Crippen LogP contribution in [-0.2, 0) is 4.79 Å². The minimum Gasteiger partial charge on any atom is -0.410 e. The summed E-state index contributed by atoms with van der Waals surface area (Å²) in [6, 6.07) is 8.83. The molecule has 1 unspecified atom stereocenters. The van der Waals surface area contributed by atoms with E-state index in [0.29, 0.717) is 18.7 Å². The molecular weight excluding hydrogens is 244 g/mol. The van der Waals surface area contributed by atoms with E-state index < -0.39 is 6.09 Å². The summed E-state index contributed by atoms with van der Waals surface area (Å²) < 4.78 is 5.13. The number of para-hydroxylation sites is 1. The SMILES string of the molecule is CC(C)N1CC(NC(=O)Oc2ccccc2)CC1=O. The van der Waals surface area contributed by atoms with Gasteiger partial charge < -0.3 is 15.0 Å². The largest absolute Gasteiger partial charge is 0.412 e. The van der Waals surface area contributed by atoms with Gasteiger partial charge in [-0.1, -0.05) is 18.2 Å². The van der Waals surface area contributed by atoms with Crippen molar-refractivity contribution in [1.29, 1.82) is 0 Å². The van der Waals surface area contributed by atoms with Gasteiger partial charge in [-0.05, 0) is 26.0 Å². The molecule has 1 aliphatic rings. The zero-order valence-corrected chi connectivity index (χ0v) is 11.1. The molecule has 0 saturated carbocycles. The molecule has 1 atom stereocenters. The van der Waals surface area contributed by atoms with Gasteiger partial charge in [0.05, 0.1) is 6.04 Å². The van der Waals surface area contributed by atoms with Gasteiger partial charge in [0.25, 0.3) is 0 Å². The lowest BCUT2D eigenvalue weighted by atomic mass is 10.3. The highest BCUT2D eigenvalue weighted by Gasteiger charge is 2.32. The van der Waals surface area contributed by atoms with Crippen LogP contribution in [0, 0.1) is 0 Å². The van der Waals surface area contributed by atoms with Crippen molar-refractivity contribution in [2.24, 2.45) is 0 Å². The summed E-state index contributed by atoms with van der Waals surface area (Å²) in [5, 5.41) is 2.72. The third kappa shape index (κ3) is 3.47. The molecular formula is C14H18N2O3. The van der Waals surface area contributed by atoms with Crippen LogP contribution in [0.4, 0.5) is 4.79 Å². The highest BCUT2D eigenvalue weighted by atomic mass is 16.6. The number of carbonyl (C=O) groups is 2. The number of ether oxygens (including phenoxy) is 1. The molecule has 1 aromatic carbocycles. The van der Waals surface area contributed by atoms with Crippen LogP contribution in [0.5, 0.6) is 5.75 Å². The second-order valence-electron chi connectivity index (χ2n) is 4.89. The van der Waals surface area contributed by atoms with Crippen LogP contribution in [0.2, 0.25) is 0 Å². The number of rotatable bonds is 3. The Labute approximate surface area is 112 Å². The Hall–Kier alpha value is -2.04. The van der Waals surface area contributed by atoms with Crippen molar-refractivity contribution < 1.29 is 14.3 Å². The van der Waals surface area contributed by atoms with E-state index in [9.17, 15) is 9.59 Å². The van der Waals surface area contributed by atoms with Gasteiger partial charge in [0.15, 0.2) is 0 Å². The second kappa shape index (κ2) is 5.73. The molecule has 2 rings (SSSR count). The number of nitrogens with zero attached hydrogens (tertiary/aromatic N) is 1. The van der Waals surface area contributed by atoms with Gasteiger partial charge in [-0.15, -0.1) is 0 Å². The van der Waals surface area contributed by atoms with Crippen LogP contribution < -0.4 is 10.1 Å². The molecule has 0 aromatic heterocycles. The number of hydrogen-bond donors (Lipinski definition) is 1. The molecule has 5 heteroatoms. The molecule has 5 nitrogen and oxygen atoms in total. The first-order chi connectivity index (χ1) is 9.06. The molecule has 0 bridgehead atoms. The fourth-order valence-corrected chi connectivity index (χ4v) is 2.12. The standard InChI is InChI=1S/C14H18N2O3/c1-10(2)16-9-11(8-13(16)17)15-14(18)19-12-6-4-3-5-7-12/h3-7,10-11H,8-9H2,1-2H3,(H,15,18). The number of hydrogen-bond acceptors (Lipinski definition) is 3. The van der Waals surface area contributed by atoms with Crippen LogP contribution in [0.15, 0.2) is 30.3 Å². The monoisotopic (exact) mass is 262 g/mol. The summed E-state index contributed by atoms with van der Waals surface area (Å²) in [5.41, 5.74) is 0. The fraction of sp³-hybridized carbons (Fsp3) is 0.429. The first-order valence-electron chi connectivity index (χ1n) is 6.39. The third-order valence-electron chi connectivity index (χ3n) is 3.06. The van der Waals surface area contributed by atoms with Gasteiger partial charge in [-0.2, -0.15) is 0 Å². The second-order valence-corrected chi connectivity index (χ2v) is 4.89. The maximum atomic E-state index is 11.7. The molecule has 0 spiro atoms. The lowest BCUT2D eigenvalue weighted by Gasteiger charge is -2.21. The highest BCUT2D eigenvalue weighted by molar-refractivity contribution is 5.81. The normalized spacial score (nSPS) is 18.8. The van der Waals surface area contributed by atoms with Crippen molar-refractivity contribution in [1.82, 2.24) is 10.2 Å². The van der Waals surface area contributed by atoms with E-state index in [4.69, 9.17) is 4.74 Å². The average molecular weight is 262 g/mol. The fourth-order valence-electron chi connectivity index (χ4n) is 2.12. The predicted octanol–water partition coefficient (Wildman–Crippen LogP) is 1.78. The summed E-state index contributed by atoms with van der Waals surface area (Å²) in [6.45, 7) is 4.46. The number of likely N-dealkylation sites (tertiary alicyclic amines) is 1. The molecule has 1 aliphatic heterocycles. The third-order valence-corrected chi connectivity index (χ3v) is 3.06. The van der Waals surface area contributed by atoms with Crippen molar-refractivity contribution in [2.45, 2.75) is 32.4 Å². The lowest BCUT2D eigenvalue weighted by molar-refractivity contribution is -0.129. The van der Waals surface area contributed by atoms with Crippen molar-refractivity contribution in [3.63, 3.8) is 0 Å². The predicted molar refractivity (Wildman–Crippen MR) is 70.9 cm³/mol. The summed E-state index contributed by atoms with van der Waals surface area (Å²) in [7, 11) is 0. The summed E-state index contributed by atoms with van der Waals surface area (Å²) in [6.07, 6.45) is -0.183. The lowest BCUT2D eigenvalue weighted by Crippen LogP contribution is -2.40. The van der Waals surface area contributed by atoms with E-state index in [1.54, 1.807) is 29.2 Å². The molecule has 1 heterocycles. The van der Waals surface area contributed by atoms with E-state index in [0.717, 1.165) is 0 Å². The van der Waals surface area contributed by atoms with Gasteiger partial charge in [0.1, 0.15) is 5.75 Å². The first kappa shape index (κ1) is 13.4. The maximum absolute atomic E-state index is 11.7. The van der Waals surface area contributed by atoms with E-state index >= 15 is 0 Å². The van der Waals surface area contributed by atoms with Crippen LogP contribution in [0.1, 0.15) is 20.3 Å². The molecule has 0 radical (unpaired) electrons. The van der Waals surface area contributed by atoms with Crippen molar-refractivity contribution in [3.8, 4) is 5.75 Å². The highest BCUT2D eigenvalue weighted by Crippen LogP contribution is 2.15. The first-order valence-corrected chi connectivity index (χ1v) is 6.39. The molecule has 1 N–H and O–H groups in total. The number of amides is 2. The van der Waals surface area contributed by atoms with Crippen LogP contribution in [-0.4, -0.2) is 35.5 Å². The zero-order chi connectivity index (χ0) is 13.8. The van der Waals surface area contributed by atoms with Gasteiger partial charge in [0.2, 0.25) is 5.91 Å². The Bertz CT molecular complexity index is 459. The summed E-state index contributed by atoms with van der Waals surface area (Å²) in [4.78, 5) is 25.1. The Morgan fingerprint density at radius 2 is 2.05 bits per heavy atom. The quantitative estimate of drug-likeness (QED) is 0.903. The molecule has 0 aliphatic carbocycles.